The molecule has 108 valence electrons. The summed E-state index contributed by atoms with van der Waals surface area (Å²) in [6.45, 7) is 1.35. The summed E-state index contributed by atoms with van der Waals surface area (Å²) in [5.41, 5.74) is 0.873. The number of hydrogen-bond donors (Lipinski definition) is 2. The van der Waals surface area contributed by atoms with Gasteiger partial charge in [-0.1, -0.05) is 6.07 Å². The van der Waals surface area contributed by atoms with Crippen molar-refractivity contribution in [3.8, 4) is 0 Å². The molecule has 0 radical (unpaired) electrons. The Morgan fingerprint density at radius 3 is 2.52 bits per heavy atom. The van der Waals surface area contributed by atoms with Crippen LogP contribution in [0, 0.1) is 9.39 Å². The van der Waals surface area contributed by atoms with E-state index in [-0.39, 0.29) is 11.6 Å². The van der Waals surface area contributed by atoms with Crippen LogP contribution in [0.2, 0.25) is 0 Å². The van der Waals surface area contributed by atoms with Crippen molar-refractivity contribution >= 4 is 45.8 Å². The molecular formula is C15H12FIN2O2. The van der Waals surface area contributed by atoms with Gasteiger partial charge < -0.3 is 10.6 Å². The summed E-state index contributed by atoms with van der Waals surface area (Å²) >= 11 is 2.09. The highest BCUT2D eigenvalue weighted by Gasteiger charge is 2.10. The Balaban J connectivity index is 2.22. The first-order valence-corrected chi connectivity index (χ1v) is 7.17. The van der Waals surface area contributed by atoms with E-state index in [4.69, 9.17) is 0 Å². The Morgan fingerprint density at radius 2 is 1.86 bits per heavy atom. The van der Waals surface area contributed by atoms with E-state index in [9.17, 15) is 14.0 Å². The van der Waals surface area contributed by atoms with E-state index >= 15 is 0 Å². The molecule has 2 aromatic rings. The fourth-order valence-corrected chi connectivity index (χ4v) is 2.27. The summed E-state index contributed by atoms with van der Waals surface area (Å²) in [6.07, 6.45) is 0. The van der Waals surface area contributed by atoms with Crippen molar-refractivity contribution in [3.05, 3.63) is 57.4 Å². The molecule has 0 aliphatic carbocycles. The van der Waals surface area contributed by atoms with E-state index in [1.165, 1.54) is 25.1 Å². The van der Waals surface area contributed by atoms with Crippen LogP contribution in [-0.2, 0) is 4.79 Å². The maximum Gasteiger partial charge on any atom is 0.255 e. The molecule has 21 heavy (non-hydrogen) atoms. The summed E-state index contributed by atoms with van der Waals surface area (Å²) in [5, 5.41) is 5.04. The molecule has 2 aromatic carbocycles. The predicted molar refractivity (Wildman–Crippen MR) is 87.8 cm³/mol. The van der Waals surface area contributed by atoms with Gasteiger partial charge in [0.1, 0.15) is 5.82 Å². The minimum absolute atomic E-state index is 0.0186. The molecule has 2 amide bonds. The number of carbonyl (C=O) groups excluding carboxylic acids is 2. The average molecular weight is 398 g/mol. The lowest BCUT2D eigenvalue weighted by Crippen LogP contribution is -2.14. The van der Waals surface area contributed by atoms with Crippen LogP contribution in [0.15, 0.2) is 42.5 Å². The second-order valence-corrected chi connectivity index (χ2v) is 5.59. The standard InChI is InChI=1S/C15H12FIN2O2/c1-9(20)18-12-5-6-13(16)14(8-12)19-15(21)10-3-2-4-11(17)7-10/h2-8H,1H3,(H,18,20)(H,19,21). The summed E-state index contributed by atoms with van der Waals surface area (Å²) in [7, 11) is 0. The number of benzene rings is 2. The molecule has 0 fully saturated rings. The Kier molecular flexibility index (Phi) is 4.89. The van der Waals surface area contributed by atoms with Crippen molar-refractivity contribution in [1.29, 1.82) is 0 Å². The molecule has 2 N–H and O–H groups in total. The van der Waals surface area contributed by atoms with Gasteiger partial charge in [-0.25, -0.2) is 4.39 Å². The third-order valence-corrected chi connectivity index (χ3v) is 3.29. The first-order chi connectivity index (χ1) is 9.95. The highest BCUT2D eigenvalue weighted by molar-refractivity contribution is 14.1. The number of halogens is 2. The Bertz CT molecular complexity index is 704. The minimum atomic E-state index is -0.567. The molecular weight excluding hydrogens is 386 g/mol. The van der Waals surface area contributed by atoms with Gasteiger partial charge in [-0.2, -0.15) is 0 Å². The molecule has 0 heterocycles. The lowest BCUT2D eigenvalue weighted by Gasteiger charge is -2.09. The quantitative estimate of drug-likeness (QED) is 0.776. The van der Waals surface area contributed by atoms with Crippen LogP contribution in [-0.4, -0.2) is 11.8 Å². The molecule has 0 aliphatic heterocycles. The highest BCUT2D eigenvalue weighted by atomic mass is 127. The normalized spacial score (nSPS) is 10.0. The van der Waals surface area contributed by atoms with Gasteiger partial charge in [0.2, 0.25) is 5.91 Å². The van der Waals surface area contributed by atoms with E-state index in [1.54, 1.807) is 18.2 Å². The first-order valence-electron chi connectivity index (χ1n) is 6.10. The van der Waals surface area contributed by atoms with Crippen LogP contribution in [0.25, 0.3) is 0 Å². The fourth-order valence-electron chi connectivity index (χ4n) is 1.73. The van der Waals surface area contributed by atoms with Crippen LogP contribution in [0.3, 0.4) is 0 Å². The summed E-state index contributed by atoms with van der Waals surface area (Å²) in [4.78, 5) is 23.1. The van der Waals surface area contributed by atoms with Crippen molar-refractivity contribution in [2.75, 3.05) is 10.6 Å². The molecule has 6 heteroatoms. The smallest absolute Gasteiger partial charge is 0.255 e. The largest absolute Gasteiger partial charge is 0.326 e. The lowest BCUT2D eigenvalue weighted by atomic mass is 10.2. The maximum absolute atomic E-state index is 13.7. The number of amides is 2. The highest BCUT2D eigenvalue weighted by Crippen LogP contribution is 2.20. The second-order valence-electron chi connectivity index (χ2n) is 4.34. The molecule has 2 rings (SSSR count). The molecule has 0 saturated heterocycles. The number of nitrogens with one attached hydrogen (secondary N) is 2. The third kappa shape index (κ3) is 4.25. The number of hydrogen-bond acceptors (Lipinski definition) is 2. The molecule has 0 saturated carbocycles. The molecule has 0 bridgehead atoms. The number of anilines is 2. The van der Waals surface area contributed by atoms with E-state index in [1.807, 2.05) is 6.07 Å². The molecule has 0 unspecified atom stereocenters. The average Bonchev–Trinajstić information content (AvgIpc) is 2.42. The first kappa shape index (κ1) is 15.4. The molecule has 0 aromatic heterocycles. The maximum atomic E-state index is 13.7. The topological polar surface area (TPSA) is 58.2 Å². The summed E-state index contributed by atoms with van der Waals surface area (Å²) in [6, 6.07) is 10.9. The Morgan fingerprint density at radius 1 is 1.10 bits per heavy atom. The summed E-state index contributed by atoms with van der Waals surface area (Å²) in [5.74, 6) is -1.24. The second kappa shape index (κ2) is 6.66. The van der Waals surface area contributed by atoms with Crippen LogP contribution in [0.1, 0.15) is 17.3 Å². The van der Waals surface area contributed by atoms with Gasteiger partial charge >= 0.3 is 0 Å². The lowest BCUT2D eigenvalue weighted by molar-refractivity contribution is -0.114. The fraction of sp³-hybridized carbons (Fsp3) is 0.0667. The van der Waals surface area contributed by atoms with E-state index in [0.717, 1.165) is 3.57 Å². The van der Waals surface area contributed by atoms with Gasteiger partial charge in [-0.05, 0) is 59.0 Å². The molecule has 0 spiro atoms. The van der Waals surface area contributed by atoms with Gasteiger partial charge in [0.05, 0.1) is 5.69 Å². The molecule has 0 atom stereocenters. The van der Waals surface area contributed by atoms with Crippen molar-refractivity contribution in [1.82, 2.24) is 0 Å². The zero-order valence-electron chi connectivity index (χ0n) is 11.1. The molecule has 0 aliphatic rings. The van der Waals surface area contributed by atoms with Crippen molar-refractivity contribution in [2.24, 2.45) is 0 Å². The van der Waals surface area contributed by atoms with Gasteiger partial charge in [0, 0.05) is 21.7 Å². The number of rotatable bonds is 3. The predicted octanol–water partition coefficient (Wildman–Crippen LogP) is 3.64. The van der Waals surface area contributed by atoms with Crippen molar-refractivity contribution < 1.29 is 14.0 Å². The van der Waals surface area contributed by atoms with Crippen LogP contribution in [0.5, 0.6) is 0 Å². The third-order valence-electron chi connectivity index (χ3n) is 2.62. The van der Waals surface area contributed by atoms with E-state index in [0.29, 0.717) is 11.3 Å². The van der Waals surface area contributed by atoms with Crippen molar-refractivity contribution in [3.63, 3.8) is 0 Å². The zero-order valence-corrected chi connectivity index (χ0v) is 13.3. The van der Waals surface area contributed by atoms with Crippen LogP contribution < -0.4 is 10.6 Å². The molecule has 4 nitrogen and oxygen atoms in total. The Labute approximate surface area is 134 Å². The van der Waals surface area contributed by atoms with Gasteiger partial charge in [-0.3, -0.25) is 9.59 Å². The Hall–Kier alpha value is -1.96. The van der Waals surface area contributed by atoms with Crippen LogP contribution >= 0.6 is 22.6 Å². The monoisotopic (exact) mass is 398 g/mol. The number of carbonyl (C=O) groups is 2. The van der Waals surface area contributed by atoms with Gasteiger partial charge in [0.25, 0.3) is 5.91 Å². The van der Waals surface area contributed by atoms with Gasteiger partial charge in [0.15, 0.2) is 0 Å². The van der Waals surface area contributed by atoms with E-state index in [2.05, 4.69) is 33.2 Å². The van der Waals surface area contributed by atoms with Crippen molar-refractivity contribution in [2.45, 2.75) is 6.92 Å². The van der Waals surface area contributed by atoms with E-state index < -0.39 is 11.7 Å². The SMILES string of the molecule is CC(=O)Nc1ccc(F)c(NC(=O)c2cccc(I)c2)c1. The summed E-state index contributed by atoms with van der Waals surface area (Å²) < 4.78 is 14.6. The van der Waals surface area contributed by atoms with Gasteiger partial charge in [-0.15, -0.1) is 0 Å². The van der Waals surface area contributed by atoms with Crippen LogP contribution in [0.4, 0.5) is 15.8 Å². The zero-order chi connectivity index (χ0) is 15.4. The minimum Gasteiger partial charge on any atom is -0.326 e.